The average molecular weight is 179 g/mol. The Morgan fingerprint density at radius 3 is 2.15 bits per heavy atom. The van der Waals surface area contributed by atoms with Crippen molar-refractivity contribution in [3.05, 3.63) is 29.8 Å². The lowest BCUT2D eigenvalue weighted by Gasteiger charge is -2.22. The highest BCUT2D eigenvalue weighted by Gasteiger charge is 2.23. The second-order valence-corrected chi connectivity index (χ2v) is 3.68. The van der Waals surface area contributed by atoms with Crippen molar-refractivity contribution in [2.45, 2.75) is 19.4 Å². The van der Waals surface area contributed by atoms with Gasteiger partial charge in [-0.25, -0.2) is 0 Å². The highest BCUT2D eigenvalue weighted by atomic mass is 16.4. The Morgan fingerprint density at radius 2 is 1.77 bits per heavy atom. The second kappa shape index (κ2) is 3.50. The molecule has 1 aromatic carbocycles. The minimum Gasteiger partial charge on any atom is -0.423 e. The average Bonchev–Trinajstić information content (AvgIpc) is 2.03. The second-order valence-electron chi connectivity index (χ2n) is 3.68. The van der Waals surface area contributed by atoms with Crippen molar-refractivity contribution in [1.29, 1.82) is 0 Å². The molecule has 1 aromatic rings. The molecule has 0 aliphatic rings. The molecule has 0 atom stereocenters. The first-order chi connectivity index (χ1) is 5.93. The van der Waals surface area contributed by atoms with E-state index in [-0.39, 0.29) is 0 Å². The van der Waals surface area contributed by atoms with E-state index in [1.165, 1.54) is 0 Å². The summed E-state index contributed by atoms with van der Waals surface area (Å²) < 4.78 is 0. The van der Waals surface area contributed by atoms with Gasteiger partial charge in [-0.05, 0) is 24.9 Å². The van der Waals surface area contributed by atoms with Gasteiger partial charge in [0.05, 0.1) is 0 Å². The fourth-order valence-corrected chi connectivity index (χ4v) is 1.31. The molecule has 13 heavy (non-hydrogen) atoms. The molecular weight excluding hydrogens is 165 g/mol. The lowest BCUT2D eigenvalue weighted by atomic mass is 9.73. The molecule has 0 aliphatic carbocycles. The van der Waals surface area contributed by atoms with Gasteiger partial charge in [0.15, 0.2) is 0 Å². The standard InChI is InChI=1S/C9H14BNO2/c1-9(2,11)7-5-3-4-6-8(7)10(12)13/h3-6,12-13H,11H2,1-2H3. The molecule has 0 aliphatic heterocycles. The van der Waals surface area contributed by atoms with Crippen molar-refractivity contribution < 1.29 is 10.0 Å². The first-order valence-electron chi connectivity index (χ1n) is 4.17. The van der Waals surface area contributed by atoms with Gasteiger partial charge in [-0.1, -0.05) is 24.3 Å². The summed E-state index contributed by atoms with van der Waals surface area (Å²) in [4.78, 5) is 0. The van der Waals surface area contributed by atoms with Crippen LogP contribution in [0.1, 0.15) is 19.4 Å². The topological polar surface area (TPSA) is 66.5 Å². The molecule has 0 aromatic heterocycles. The molecule has 0 saturated heterocycles. The van der Waals surface area contributed by atoms with Crippen LogP contribution in [0.4, 0.5) is 0 Å². The molecule has 0 fully saturated rings. The summed E-state index contributed by atoms with van der Waals surface area (Å²) in [7, 11) is -1.46. The Labute approximate surface area is 78.3 Å². The Hall–Kier alpha value is -0.835. The number of nitrogens with two attached hydrogens (primary N) is 1. The van der Waals surface area contributed by atoms with Gasteiger partial charge in [0.25, 0.3) is 0 Å². The number of rotatable bonds is 2. The van der Waals surface area contributed by atoms with Crippen molar-refractivity contribution in [3.63, 3.8) is 0 Å². The summed E-state index contributed by atoms with van der Waals surface area (Å²) in [6.07, 6.45) is 0. The van der Waals surface area contributed by atoms with Gasteiger partial charge in [0, 0.05) is 5.54 Å². The number of benzene rings is 1. The Kier molecular flexibility index (Phi) is 2.76. The smallest absolute Gasteiger partial charge is 0.423 e. The van der Waals surface area contributed by atoms with Gasteiger partial charge in [-0.3, -0.25) is 0 Å². The predicted octanol–water partition coefficient (Wildman–Crippen LogP) is -0.440. The zero-order chi connectivity index (χ0) is 10.1. The van der Waals surface area contributed by atoms with Gasteiger partial charge in [-0.15, -0.1) is 0 Å². The molecule has 0 spiro atoms. The van der Waals surface area contributed by atoms with Gasteiger partial charge >= 0.3 is 7.12 Å². The van der Waals surface area contributed by atoms with Crippen molar-refractivity contribution in [3.8, 4) is 0 Å². The molecule has 70 valence electrons. The zero-order valence-electron chi connectivity index (χ0n) is 7.86. The maximum atomic E-state index is 9.07. The van der Waals surface area contributed by atoms with Crippen LogP contribution in [-0.2, 0) is 5.54 Å². The van der Waals surface area contributed by atoms with Crippen LogP contribution >= 0.6 is 0 Å². The number of hydrogen-bond acceptors (Lipinski definition) is 3. The number of hydrogen-bond donors (Lipinski definition) is 3. The summed E-state index contributed by atoms with van der Waals surface area (Å²) in [6.45, 7) is 3.66. The molecule has 3 nitrogen and oxygen atoms in total. The molecule has 0 radical (unpaired) electrons. The highest BCUT2D eigenvalue weighted by molar-refractivity contribution is 6.59. The summed E-state index contributed by atoms with van der Waals surface area (Å²) >= 11 is 0. The first kappa shape index (κ1) is 10.2. The zero-order valence-corrected chi connectivity index (χ0v) is 7.86. The quantitative estimate of drug-likeness (QED) is 0.539. The Balaban J connectivity index is 3.20. The Morgan fingerprint density at radius 1 is 1.23 bits per heavy atom. The lowest BCUT2D eigenvalue weighted by Crippen LogP contribution is -2.41. The molecule has 0 unspecified atom stereocenters. The fourth-order valence-electron chi connectivity index (χ4n) is 1.31. The van der Waals surface area contributed by atoms with E-state index in [0.29, 0.717) is 5.46 Å². The van der Waals surface area contributed by atoms with E-state index in [4.69, 9.17) is 15.8 Å². The van der Waals surface area contributed by atoms with Crippen LogP contribution in [0.3, 0.4) is 0 Å². The first-order valence-corrected chi connectivity index (χ1v) is 4.17. The van der Waals surface area contributed by atoms with Crippen molar-refractivity contribution in [1.82, 2.24) is 0 Å². The third-order valence-electron chi connectivity index (χ3n) is 1.93. The molecule has 1 rings (SSSR count). The molecule has 4 N–H and O–H groups in total. The minimum atomic E-state index is -1.46. The van der Waals surface area contributed by atoms with Gasteiger partial charge in [-0.2, -0.15) is 0 Å². The van der Waals surface area contributed by atoms with Gasteiger partial charge in [0.1, 0.15) is 0 Å². The van der Waals surface area contributed by atoms with Gasteiger partial charge < -0.3 is 15.8 Å². The van der Waals surface area contributed by atoms with Gasteiger partial charge in [0.2, 0.25) is 0 Å². The molecule has 0 saturated carbocycles. The summed E-state index contributed by atoms with van der Waals surface area (Å²) in [5.41, 5.74) is 6.54. The van der Waals surface area contributed by atoms with E-state index < -0.39 is 12.7 Å². The fraction of sp³-hybridized carbons (Fsp3) is 0.333. The monoisotopic (exact) mass is 179 g/mol. The van der Waals surface area contributed by atoms with E-state index in [1.807, 2.05) is 19.9 Å². The normalized spacial score (nSPS) is 11.5. The van der Waals surface area contributed by atoms with E-state index in [2.05, 4.69) is 0 Å². The maximum Gasteiger partial charge on any atom is 0.488 e. The third-order valence-corrected chi connectivity index (χ3v) is 1.93. The lowest BCUT2D eigenvalue weighted by molar-refractivity contribution is 0.423. The van der Waals surface area contributed by atoms with Crippen molar-refractivity contribution in [2.75, 3.05) is 0 Å². The summed E-state index contributed by atoms with van der Waals surface area (Å²) in [6, 6.07) is 7.04. The van der Waals surface area contributed by atoms with E-state index >= 15 is 0 Å². The third kappa shape index (κ3) is 2.31. The van der Waals surface area contributed by atoms with E-state index in [9.17, 15) is 0 Å². The minimum absolute atomic E-state index is 0.468. The van der Waals surface area contributed by atoms with Crippen LogP contribution in [0.2, 0.25) is 0 Å². The van der Waals surface area contributed by atoms with E-state index in [0.717, 1.165) is 5.56 Å². The molecular formula is C9H14BNO2. The largest absolute Gasteiger partial charge is 0.488 e. The Bertz CT molecular complexity index is 294. The molecule has 0 amide bonds. The van der Waals surface area contributed by atoms with E-state index in [1.54, 1.807) is 18.2 Å². The maximum absolute atomic E-state index is 9.07. The van der Waals surface area contributed by atoms with Crippen LogP contribution < -0.4 is 11.2 Å². The summed E-state index contributed by atoms with van der Waals surface area (Å²) in [5, 5.41) is 18.1. The van der Waals surface area contributed by atoms with Crippen LogP contribution in [0, 0.1) is 0 Å². The SMILES string of the molecule is CC(C)(N)c1ccccc1B(O)O. The van der Waals surface area contributed by atoms with Crippen LogP contribution in [0.5, 0.6) is 0 Å². The highest BCUT2D eigenvalue weighted by Crippen LogP contribution is 2.14. The van der Waals surface area contributed by atoms with Crippen LogP contribution in [-0.4, -0.2) is 17.2 Å². The molecule has 0 heterocycles. The summed E-state index contributed by atoms with van der Waals surface area (Å²) in [5.74, 6) is 0. The molecule has 0 bridgehead atoms. The van der Waals surface area contributed by atoms with Crippen LogP contribution in [0.15, 0.2) is 24.3 Å². The van der Waals surface area contributed by atoms with Crippen molar-refractivity contribution >= 4 is 12.6 Å². The molecule has 4 heteroatoms. The van der Waals surface area contributed by atoms with Crippen molar-refractivity contribution in [2.24, 2.45) is 5.73 Å². The van der Waals surface area contributed by atoms with Crippen LogP contribution in [0.25, 0.3) is 0 Å². The predicted molar refractivity (Wildman–Crippen MR) is 53.5 cm³/mol.